The maximum absolute atomic E-state index is 9.54. The molecule has 0 bridgehead atoms. The zero-order valence-electron chi connectivity index (χ0n) is 16.0. The van der Waals surface area contributed by atoms with Gasteiger partial charge >= 0.3 is 0 Å². The van der Waals surface area contributed by atoms with Crippen LogP contribution in [0.4, 0.5) is 5.69 Å². The number of hydrogen-bond acceptors (Lipinski definition) is 2. The van der Waals surface area contributed by atoms with Crippen molar-refractivity contribution in [3.8, 4) is 0 Å². The second-order valence-corrected chi connectivity index (χ2v) is 7.01. The summed E-state index contributed by atoms with van der Waals surface area (Å²) in [4.78, 5) is 0. The van der Waals surface area contributed by atoms with Gasteiger partial charge in [0, 0.05) is 18.2 Å². The number of anilines is 1. The second kappa shape index (κ2) is 9.38. The minimum Gasteiger partial charge on any atom is -0.396 e. The Hall–Kier alpha value is -2.58. The van der Waals surface area contributed by atoms with E-state index in [9.17, 15) is 5.11 Å². The standard InChI is InChI=1S/C25H29NO/c1-2-25(22-15-8-4-9-16-22,26-23-17-10-5-11-18-23)24(19-12-20-27)21-13-6-3-7-14-21/h3-11,13-18,24,26-27H,2,12,19-20H2,1H3. The Bertz CT molecular complexity index is 788. The van der Waals surface area contributed by atoms with Crippen molar-refractivity contribution < 1.29 is 5.11 Å². The van der Waals surface area contributed by atoms with Crippen LogP contribution in [0.2, 0.25) is 0 Å². The van der Waals surface area contributed by atoms with Crippen LogP contribution in [0.15, 0.2) is 91.0 Å². The van der Waals surface area contributed by atoms with Gasteiger partial charge in [-0.05, 0) is 42.5 Å². The van der Waals surface area contributed by atoms with Gasteiger partial charge in [0.05, 0.1) is 5.54 Å². The van der Waals surface area contributed by atoms with E-state index in [1.807, 2.05) is 6.07 Å². The topological polar surface area (TPSA) is 32.3 Å². The summed E-state index contributed by atoms with van der Waals surface area (Å²) in [6, 6.07) is 31.9. The number of aliphatic hydroxyl groups is 1. The Morgan fingerprint density at radius 3 is 1.93 bits per heavy atom. The lowest BCUT2D eigenvalue weighted by molar-refractivity contribution is 0.262. The maximum atomic E-state index is 9.54. The molecule has 2 nitrogen and oxygen atoms in total. The predicted octanol–water partition coefficient (Wildman–Crippen LogP) is 5.96. The molecule has 2 heteroatoms. The Morgan fingerprint density at radius 2 is 1.37 bits per heavy atom. The molecule has 3 aromatic carbocycles. The summed E-state index contributed by atoms with van der Waals surface area (Å²) in [5.74, 6) is 0.249. The van der Waals surface area contributed by atoms with E-state index in [1.54, 1.807) is 0 Å². The molecule has 0 saturated heterocycles. The number of hydrogen-bond donors (Lipinski definition) is 2. The van der Waals surface area contributed by atoms with Crippen molar-refractivity contribution in [2.75, 3.05) is 11.9 Å². The van der Waals surface area contributed by atoms with E-state index in [2.05, 4.69) is 97.2 Å². The average molecular weight is 360 g/mol. The molecule has 2 N–H and O–H groups in total. The third-order valence-corrected chi connectivity index (χ3v) is 5.44. The lowest BCUT2D eigenvalue weighted by atomic mass is 9.70. The Balaban J connectivity index is 2.13. The number of rotatable bonds is 9. The van der Waals surface area contributed by atoms with Crippen molar-refractivity contribution in [3.05, 3.63) is 102 Å². The summed E-state index contributed by atoms with van der Waals surface area (Å²) in [5, 5.41) is 13.4. The molecular formula is C25H29NO. The zero-order valence-corrected chi connectivity index (χ0v) is 16.0. The second-order valence-electron chi connectivity index (χ2n) is 7.01. The molecule has 0 spiro atoms. The van der Waals surface area contributed by atoms with Crippen LogP contribution in [0.1, 0.15) is 43.2 Å². The van der Waals surface area contributed by atoms with Crippen LogP contribution in [0.5, 0.6) is 0 Å². The third-order valence-electron chi connectivity index (χ3n) is 5.44. The quantitative estimate of drug-likeness (QED) is 0.494. The van der Waals surface area contributed by atoms with Crippen molar-refractivity contribution in [2.24, 2.45) is 0 Å². The van der Waals surface area contributed by atoms with E-state index in [0.717, 1.165) is 24.9 Å². The first-order valence-electron chi connectivity index (χ1n) is 9.84. The lowest BCUT2D eigenvalue weighted by Gasteiger charge is -2.43. The van der Waals surface area contributed by atoms with Gasteiger partial charge < -0.3 is 10.4 Å². The van der Waals surface area contributed by atoms with Gasteiger partial charge in [0.1, 0.15) is 0 Å². The molecule has 0 amide bonds. The van der Waals surface area contributed by atoms with Crippen LogP contribution in [-0.2, 0) is 5.54 Å². The smallest absolute Gasteiger partial charge is 0.0690 e. The van der Waals surface area contributed by atoms with E-state index in [-0.39, 0.29) is 18.1 Å². The molecule has 140 valence electrons. The van der Waals surface area contributed by atoms with Gasteiger partial charge in [-0.25, -0.2) is 0 Å². The van der Waals surface area contributed by atoms with E-state index in [1.165, 1.54) is 11.1 Å². The van der Waals surface area contributed by atoms with E-state index >= 15 is 0 Å². The molecule has 0 heterocycles. The van der Waals surface area contributed by atoms with Crippen LogP contribution >= 0.6 is 0 Å². The van der Waals surface area contributed by atoms with Crippen LogP contribution in [0, 0.1) is 0 Å². The molecule has 0 aromatic heterocycles. The zero-order chi connectivity index (χ0) is 19.0. The summed E-state index contributed by atoms with van der Waals surface area (Å²) in [6.45, 7) is 2.46. The van der Waals surface area contributed by atoms with Gasteiger partial charge in [0.25, 0.3) is 0 Å². The molecule has 0 saturated carbocycles. The van der Waals surface area contributed by atoms with Gasteiger partial charge in [0.2, 0.25) is 0 Å². The molecule has 0 aliphatic carbocycles. The summed E-state index contributed by atoms with van der Waals surface area (Å²) < 4.78 is 0. The highest BCUT2D eigenvalue weighted by atomic mass is 16.2. The van der Waals surface area contributed by atoms with E-state index in [4.69, 9.17) is 0 Å². The van der Waals surface area contributed by atoms with Gasteiger partial charge in [-0.15, -0.1) is 0 Å². The average Bonchev–Trinajstić information content (AvgIpc) is 2.75. The number of nitrogens with one attached hydrogen (secondary N) is 1. The fraction of sp³-hybridized carbons (Fsp3) is 0.280. The molecule has 0 aliphatic rings. The van der Waals surface area contributed by atoms with Crippen LogP contribution in [-0.4, -0.2) is 11.7 Å². The fourth-order valence-corrected chi connectivity index (χ4v) is 4.09. The van der Waals surface area contributed by atoms with Crippen LogP contribution in [0.25, 0.3) is 0 Å². The SMILES string of the molecule is CCC(Nc1ccccc1)(c1ccccc1)C(CCCO)c1ccccc1. The van der Waals surface area contributed by atoms with Crippen molar-refractivity contribution in [3.63, 3.8) is 0 Å². The maximum Gasteiger partial charge on any atom is 0.0690 e. The third kappa shape index (κ3) is 4.40. The minimum atomic E-state index is -0.251. The first-order chi connectivity index (χ1) is 13.3. The Kier molecular flexibility index (Phi) is 6.67. The highest BCUT2D eigenvalue weighted by Gasteiger charge is 2.39. The van der Waals surface area contributed by atoms with Gasteiger partial charge in [-0.3, -0.25) is 0 Å². The first kappa shape index (κ1) is 19.2. The van der Waals surface area contributed by atoms with Gasteiger partial charge in [-0.2, -0.15) is 0 Å². The van der Waals surface area contributed by atoms with E-state index in [0.29, 0.717) is 0 Å². The molecule has 27 heavy (non-hydrogen) atoms. The van der Waals surface area contributed by atoms with Crippen molar-refractivity contribution >= 4 is 5.69 Å². The monoisotopic (exact) mass is 359 g/mol. The molecule has 0 fully saturated rings. The van der Waals surface area contributed by atoms with Gasteiger partial charge in [0.15, 0.2) is 0 Å². The minimum absolute atomic E-state index is 0.212. The number of benzene rings is 3. The Labute approximate surface area is 162 Å². The number of aliphatic hydroxyl groups excluding tert-OH is 1. The molecule has 2 atom stereocenters. The summed E-state index contributed by atoms with van der Waals surface area (Å²) >= 11 is 0. The van der Waals surface area contributed by atoms with Crippen molar-refractivity contribution in [1.29, 1.82) is 0 Å². The summed E-state index contributed by atoms with van der Waals surface area (Å²) in [5.41, 5.74) is 3.45. The molecule has 3 aromatic rings. The normalized spacial score (nSPS) is 14.3. The highest BCUT2D eigenvalue weighted by molar-refractivity contribution is 5.50. The largest absolute Gasteiger partial charge is 0.396 e. The molecule has 0 aliphatic heterocycles. The van der Waals surface area contributed by atoms with Gasteiger partial charge in [-0.1, -0.05) is 85.8 Å². The van der Waals surface area contributed by atoms with Crippen molar-refractivity contribution in [1.82, 2.24) is 0 Å². The highest BCUT2D eigenvalue weighted by Crippen LogP contribution is 2.45. The Morgan fingerprint density at radius 1 is 0.815 bits per heavy atom. The first-order valence-corrected chi connectivity index (χ1v) is 9.84. The number of para-hydroxylation sites is 1. The lowest BCUT2D eigenvalue weighted by Crippen LogP contribution is -2.41. The molecule has 0 radical (unpaired) electrons. The van der Waals surface area contributed by atoms with Crippen LogP contribution in [0.3, 0.4) is 0 Å². The van der Waals surface area contributed by atoms with Crippen molar-refractivity contribution in [2.45, 2.75) is 37.6 Å². The summed E-state index contributed by atoms with van der Waals surface area (Å²) in [6.07, 6.45) is 2.64. The molecule has 3 rings (SSSR count). The molecule has 2 unspecified atom stereocenters. The fourth-order valence-electron chi connectivity index (χ4n) is 4.09. The van der Waals surface area contributed by atoms with E-state index < -0.39 is 0 Å². The van der Waals surface area contributed by atoms with Crippen LogP contribution < -0.4 is 5.32 Å². The molecular weight excluding hydrogens is 330 g/mol. The predicted molar refractivity (Wildman–Crippen MR) is 114 cm³/mol. The summed E-state index contributed by atoms with van der Waals surface area (Å²) in [7, 11) is 0.